The second kappa shape index (κ2) is 6.18. The number of nitrogens with one attached hydrogen (secondary N) is 2. The maximum Gasteiger partial charge on any atom is 0.223 e. The molecule has 1 unspecified atom stereocenters. The van der Waals surface area contributed by atoms with Crippen LogP contribution in [0.2, 0.25) is 0 Å². The number of fused-ring (bicyclic) bond motifs is 3. The lowest BCUT2D eigenvalue weighted by Crippen LogP contribution is -3.20. The summed E-state index contributed by atoms with van der Waals surface area (Å²) in [5.41, 5.74) is 0. The van der Waals surface area contributed by atoms with Crippen molar-refractivity contribution >= 4 is 5.91 Å². The molecule has 0 aromatic rings. The van der Waals surface area contributed by atoms with E-state index < -0.39 is 0 Å². The average molecular weight is 275 g/mol. The minimum absolute atomic E-state index is 0.285. The van der Waals surface area contributed by atoms with Crippen LogP contribution in [0.15, 0.2) is 0 Å². The van der Waals surface area contributed by atoms with E-state index in [2.05, 4.69) is 11.2 Å². The lowest BCUT2D eigenvalue weighted by atomic mass is 9.76. The molecule has 3 saturated heterocycles. The normalized spacial score (nSPS) is 37.4. The number of quaternary nitrogens is 1. The van der Waals surface area contributed by atoms with Crippen molar-refractivity contribution in [1.82, 2.24) is 5.32 Å². The molecule has 1 amide bonds. The molecule has 20 heavy (non-hydrogen) atoms. The fourth-order valence-corrected chi connectivity index (χ4v) is 4.46. The number of terminal acetylenes is 1. The average Bonchev–Trinajstić information content (AvgIpc) is 2.53. The highest BCUT2D eigenvalue weighted by Crippen LogP contribution is 2.26. The third-order valence-electron chi connectivity index (χ3n) is 5.76. The Bertz CT molecular complexity index is 394. The lowest BCUT2D eigenvalue weighted by Gasteiger charge is -2.45. The van der Waals surface area contributed by atoms with Gasteiger partial charge in [0.2, 0.25) is 5.91 Å². The summed E-state index contributed by atoms with van der Waals surface area (Å²) < 4.78 is 0. The van der Waals surface area contributed by atoms with Gasteiger partial charge in [-0.05, 0) is 18.8 Å². The highest BCUT2D eigenvalue weighted by atomic mass is 16.1. The van der Waals surface area contributed by atoms with E-state index in [9.17, 15) is 4.79 Å². The van der Waals surface area contributed by atoms with Crippen LogP contribution in [-0.4, -0.2) is 31.6 Å². The number of amides is 1. The predicted molar refractivity (Wildman–Crippen MR) is 79.1 cm³/mol. The summed E-state index contributed by atoms with van der Waals surface area (Å²) >= 11 is 0. The van der Waals surface area contributed by atoms with E-state index in [-0.39, 0.29) is 5.92 Å². The van der Waals surface area contributed by atoms with E-state index in [0.717, 1.165) is 25.9 Å². The first-order valence-corrected chi connectivity index (χ1v) is 8.36. The molecule has 0 aromatic heterocycles. The van der Waals surface area contributed by atoms with Gasteiger partial charge in [0.05, 0.1) is 25.6 Å². The van der Waals surface area contributed by atoms with Crippen molar-refractivity contribution in [3.8, 4) is 12.3 Å². The van der Waals surface area contributed by atoms with E-state index in [0.29, 0.717) is 23.8 Å². The Balaban J connectivity index is 1.47. The molecule has 3 aliphatic heterocycles. The topological polar surface area (TPSA) is 33.5 Å². The third-order valence-corrected chi connectivity index (χ3v) is 5.76. The van der Waals surface area contributed by atoms with Gasteiger partial charge in [-0.25, -0.2) is 0 Å². The second-order valence-electron chi connectivity index (χ2n) is 6.95. The lowest BCUT2D eigenvalue weighted by molar-refractivity contribution is -0.943. The van der Waals surface area contributed by atoms with Crippen molar-refractivity contribution < 1.29 is 9.69 Å². The molecule has 3 heteroatoms. The van der Waals surface area contributed by atoms with Crippen LogP contribution in [-0.2, 0) is 4.79 Å². The second-order valence-corrected chi connectivity index (χ2v) is 6.95. The van der Waals surface area contributed by atoms with Gasteiger partial charge >= 0.3 is 0 Å². The largest absolute Gasteiger partial charge is 0.350 e. The Labute approximate surface area is 122 Å². The molecule has 3 heterocycles. The first-order valence-electron chi connectivity index (χ1n) is 8.36. The van der Waals surface area contributed by atoms with Gasteiger partial charge in [0, 0.05) is 18.8 Å². The number of hydrogen-bond donors (Lipinski definition) is 2. The SMILES string of the molecule is C#C[C@H]1C[NH+]2CC[C@H]1C[C@@H]2CNC(=O)C1CCCCC1. The summed E-state index contributed by atoms with van der Waals surface area (Å²) in [5, 5.41) is 3.23. The van der Waals surface area contributed by atoms with Crippen LogP contribution >= 0.6 is 0 Å². The molecule has 4 rings (SSSR count). The molecular formula is C17H27N2O+. The highest BCUT2D eigenvalue weighted by Gasteiger charge is 2.42. The number of rotatable bonds is 3. The van der Waals surface area contributed by atoms with E-state index >= 15 is 0 Å². The minimum Gasteiger partial charge on any atom is -0.350 e. The molecule has 4 fully saturated rings. The van der Waals surface area contributed by atoms with Crippen LogP contribution in [0, 0.1) is 30.1 Å². The molecule has 4 aliphatic rings. The first-order chi connectivity index (χ1) is 9.78. The van der Waals surface area contributed by atoms with Crippen molar-refractivity contribution in [3.05, 3.63) is 0 Å². The van der Waals surface area contributed by atoms with Crippen LogP contribution in [0.1, 0.15) is 44.9 Å². The van der Waals surface area contributed by atoms with Gasteiger partial charge in [-0.15, -0.1) is 6.42 Å². The van der Waals surface area contributed by atoms with Crippen LogP contribution < -0.4 is 10.2 Å². The molecule has 0 radical (unpaired) electrons. The standard InChI is InChI=1S/C17H26N2O/c1-2-13-12-19-9-8-15(13)10-16(19)11-18-17(20)14-6-4-3-5-7-14/h1,13-16H,3-12H2,(H,18,20)/p+1/t13-,15-,16+/m0/s1. The van der Waals surface area contributed by atoms with Gasteiger partial charge in [0.1, 0.15) is 6.04 Å². The molecule has 0 aromatic carbocycles. The minimum atomic E-state index is 0.285. The molecule has 0 spiro atoms. The van der Waals surface area contributed by atoms with Crippen LogP contribution in [0.4, 0.5) is 0 Å². The van der Waals surface area contributed by atoms with Gasteiger partial charge in [-0.1, -0.05) is 25.2 Å². The summed E-state index contributed by atoms with van der Waals surface area (Å²) in [6.07, 6.45) is 14.0. The van der Waals surface area contributed by atoms with Crippen LogP contribution in [0.3, 0.4) is 0 Å². The van der Waals surface area contributed by atoms with Crippen molar-refractivity contribution in [2.24, 2.45) is 17.8 Å². The van der Waals surface area contributed by atoms with Crippen molar-refractivity contribution in [2.45, 2.75) is 51.0 Å². The zero-order chi connectivity index (χ0) is 13.9. The summed E-state index contributed by atoms with van der Waals surface area (Å²) in [6.45, 7) is 3.22. The van der Waals surface area contributed by atoms with Crippen molar-refractivity contribution in [1.29, 1.82) is 0 Å². The monoisotopic (exact) mass is 275 g/mol. The summed E-state index contributed by atoms with van der Waals surface area (Å²) in [6, 6.07) is 0.603. The first kappa shape index (κ1) is 13.9. The summed E-state index contributed by atoms with van der Waals surface area (Å²) in [7, 11) is 0. The Morgan fingerprint density at radius 1 is 1.25 bits per heavy atom. The smallest absolute Gasteiger partial charge is 0.223 e. The van der Waals surface area contributed by atoms with E-state index in [1.807, 2.05) is 0 Å². The maximum absolute atomic E-state index is 12.2. The Morgan fingerprint density at radius 3 is 2.70 bits per heavy atom. The van der Waals surface area contributed by atoms with Gasteiger partial charge in [0.25, 0.3) is 0 Å². The van der Waals surface area contributed by atoms with Gasteiger partial charge in [-0.2, -0.15) is 0 Å². The predicted octanol–water partition coefficient (Wildman–Crippen LogP) is 0.609. The Hall–Kier alpha value is -1.01. The summed E-state index contributed by atoms with van der Waals surface area (Å²) in [5.74, 6) is 4.73. The Kier molecular flexibility index (Phi) is 4.31. The van der Waals surface area contributed by atoms with Crippen LogP contribution in [0.25, 0.3) is 0 Å². The van der Waals surface area contributed by atoms with Gasteiger partial charge < -0.3 is 10.2 Å². The van der Waals surface area contributed by atoms with Crippen molar-refractivity contribution in [3.63, 3.8) is 0 Å². The van der Waals surface area contributed by atoms with Gasteiger partial charge in [-0.3, -0.25) is 4.79 Å². The van der Waals surface area contributed by atoms with Crippen LogP contribution in [0.5, 0.6) is 0 Å². The maximum atomic E-state index is 12.2. The van der Waals surface area contributed by atoms with E-state index in [1.54, 1.807) is 4.90 Å². The van der Waals surface area contributed by atoms with E-state index in [1.165, 1.54) is 38.6 Å². The molecule has 2 N–H and O–H groups in total. The molecule has 3 nitrogen and oxygen atoms in total. The molecule has 4 atom stereocenters. The zero-order valence-corrected chi connectivity index (χ0v) is 12.4. The quantitative estimate of drug-likeness (QED) is 0.727. The molecule has 1 saturated carbocycles. The molecule has 110 valence electrons. The third kappa shape index (κ3) is 2.86. The zero-order valence-electron chi connectivity index (χ0n) is 12.4. The van der Waals surface area contributed by atoms with E-state index in [4.69, 9.17) is 6.42 Å². The molecular weight excluding hydrogens is 248 g/mol. The number of hydrogen-bond acceptors (Lipinski definition) is 1. The highest BCUT2D eigenvalue weighted by molar-refractivity contribution is 5.78. The number of piperidine rings is 3. The van der Waals surface area contributed by atoms with Gasteiger partial charge in [0.15, 0.2) is 0 Å². The number of carbonyl (C=O) groups is 1. The summed E-state index contributed by atoms with van der Waals surface area (Å²) in [4.78, 5) is 13.8. The number of carbonyl (C=O) groups excluding carboxylic acids is 1. The fourth-order valence-electron chi connectivity index (χ4n) is 4.46. The molecule has 2 bridgehead atoms. The van der Waals surface area contributed by atoms with Crippen molar-refractivity contribution in [2.75, 3.05) is 19.6 Å². The molecule has 1 aliphatic carbocycles. The fraction of sp³-hybridized carbons (Fsp3) is 0.824. The Morgan fingerprint density at radius 2 is 2.05 bits per heavy atom.